The Morgan fingerprint density at radius 3 is 2.71 bits per heavy atom. The second-order valence-electron chi connectivity index (χ2n) is 5.80. The summed E-state index contributed by atoms with van der Waals surface area (Å²) in [6.07, 6.45) is 7.19. The van der Waals surface area contributed by atoms with Crippen molar-refractivity contribution in [1.29, 1.82) is 0 Å². The van der Waals surface area contributed by atoms with Gasteiger partial charge >= 0.3 is 0 Å². The van der Waals surface area contributed by atoms with Gasteiger partial charge in [0.15, 0.2) is 0 Å². The van der Waals surface area contributed by atoms with Crippen LogP contribution in [-0.2, 0) is 11.2 Å². The van der Waals surface area contributed by atoms with E-state index in [0.29, 0.717) is 47.4 Å². The van der Waals surface area contributed by atoms with Crippen molar-refractivity contribution >= 4 is 22.5 Å². The lowest BCUT2D eigenvalue weighted by atomic mass is 10.1. The number of hydrogen-bond donors (Lipinski definition) is 1. The molecule has 1 aromatic carbocycles. The van der Waals surface area contributed by atoms with Crippen LogP contribution in [0.1, 0.15) is 24.7 Å². The van der Waals surface area contributed by atoms with E-state index >= 15 is 0 Å². The van der Waals surface area contributed by atoms with E-state index in [-0.39, 0.29) is 11.5 Å². The first kappa shape index (κ1) is 20.7. The Hall–Kier alpha value is -3.65. The number of fused-ring (bicyclic) bond motifs is 1. The highest BCUT2D eigenvalue weighted by atomic mass is 16.1. The molecule has 0 aliphatic carbocycles. The van der Waals surface area contributed by atoms with E-state index in [1.165, 1.54) is 6.08 Å². The van der Waals surface area contributed by atoms with Gasteiger partial charge in [0.05, 0.1) is 10.9 Å². The number of carbonyl (C=O) groups excluding carboxylic acids is 1. The van der Waals surface area contributed by atoms with Gasteiger partial charge in [0.2, 0.25) is 5.91 Å². The molecule has 5 nitrogen and oxygen atoms in total. The lowest BCUT2D eigenvalue weighted by molar-refractivity contribution is -0.116. The molecular weight excluding hydrogens is 350 g/mol. The van der Waals surface area contributed by atoms with Gasteiger partial charge in [-0.05, 0) is 30.4 Å². The van der Waals surface area contributed by atoms with Crippen LogP contribution in [0.3, 0.4) is 0 Å². The predicted molar refractivity (Wildman–Crippen MR) is 115 cm³/mol. The molecule has 1 aromatic heterocycles. The number of aryl methyl sites for hydroxylation is 1. The average molecular weight is 373 g/mol. The third-order valence-corrected chi connectivity index (χ3v) is 4.00. The molecule has 0 aliphatic rings. The fraction of sp³-hybridized carbons (Fsp3) is 0.174. The highest BCUT2D eigenvalue weighted by molar-refractivity contribution is 5.87. The van der Waals surface area contributed by atoms with E-state index in [9.17, 15) is 9.59 Å². The fourth-order valence-corrected chi connectivity index (χ4v) is 2.72. The summed E-state index contributed by atoms with van der Waals surface area (Å²) in [7, 11) is 0. The summed E-state index contributed by atoms with van der Waals surface area (Å²) in [5.41, 5.74) is 1.62. The van der Waals surface area contributed by atoms with Gasteiger partial charge in [-0.3, -0.25) is 14.2 Å². The zero-order valence-corrected chi connectivity index (χ0v) is 16.0. The number of hydrogen-bond acceptors (Lipinski definition) is 3. The van der Waals surface area contributed by atoms with Gasteiger partial charge in [-0.25, -0.2) is 4.98 Å². The Labute approximate surface area is 164 Å². The number of aromatic nitrogens is 2. The smallest absolute Gasteiger partial charge is 0.267 e. The number of nitrogens with one attached hydrogen (secondary N) is 1. The van der Waals surface area contributed by atoms with E-state index in [1.807, 2.05) is 13.0 Å². The predicted octanol–water partition coefficient (Wildman–Crippen LogP) is 3.22. The summed E-state index contributed by atoms with van der Waals surface area (Å²) in [5, 5.41) is 3.12. The van der Waals surface area contributed by atoms with Crippen molar-refractivity contribution in [2.45, 2.75) is 19.8 Å². The summed E-state index contributed by atoms with van der Waals surface area (Å²) >= 11 is 0. The monoisotopic (exact) mass is 373 g/mol. The summed E-state index contributed by atoms with van der Waals surface area (Å²) < 4.78 is 1.55. The van der Waals surface area contributed by atoms with Gasteiger partial charge in [-0.15, -0.1) is 0 Å². The van der Waals surface area contributed by atoms with E-state index in [1.54, 1.807) is 34.9 Å². The summed E-state index contributed by atoms with van der Waals surface area (Å²) in [6.45, 7) is 13.2. The van der Waals surface area contributed by atoms with Crippen LogP contribution < -0.4 is 10.9 Å². The lowest BCUT2D eigenvalue weighted by Gasteiger charge is -2.13. The van der Waals surface area contributed by atoms with E-state index < -0.39 is 0 Å². The van der Waals surface area contributed by atoms with Crippen LogP contribution in [0.2, 0.25) is 0 Å². The number of nitrogens with zero attached hydrogens (tertiary/aromatic N) is 2. The fourth-order valence-electron chi connectivity index (χ4n) is 2.72. The van der Waals surface area contributed by atoms with Crippen molar-refractivity contribution < 1.29 is 4.79 Å². The van der Waals surface area contributed by atoms with Crippen molar-refractivity contribution in [2.75, 3.05) is 6.54 Å². The molecule has 0 atom stereocenters. The maximum atomic E-state index is 13.3. The molecule has 1 N–H and O–H groups in total. The summed E-state index contributed by atoms with van der Waals surface area (Å²) in [5.74, 6) is 6.42. The lowest BCUT2D eigenvalue weighted by Crippen LogP contribution is -2.24. The van der Waals surface area contributed by atoms with Gasteiger partial charge < -0.3 is 5.32 Å². The SMILES string of the molecule is C=C/C=C(\C=C)n1c(CC)nc2cccc(C#CCCNC(=O)C=C)c2c1=O. The Balaban J connectivity index is 2.56. The molecule has 0 saturated carbocycles. The molecule has 1 heterocycles. The van der Waals surface area contributed by atoms with E-state index in [0.717, 1.165) is 0 Å². The third kappa shape index (κ3) is 4.54. The molecule has 0 aliphatic heterocycles. The molecule has 5 heteroatoms. The summed E-state index contributed by atoms with van der Waals surface area (Å²) in [4.78, 5) is 29.1. The number of rotatable bonds is 7. The molecule has 1 amide bonds. The number of amides is 1. The van der Waals surface area contributed by atoms with Crippen LogP contribution in [-0.4, -0.2) is 22.0 Å². The van der Waals surface area contributed by atoms with Crippen LogP contribution in [0.4, 0.5) is 0 Å². The average Bonchev–Trinajstić information content (AvgIpc) is 2.71. The zero-order chi connectivity index (χ0) is 20.5. The van der Waals surface area contributed by atoms with Crippen LogP contribution in [0.5, 0.6) is 0 Å². The van der Waals surface area contributed by atoms with E-state index in [2.05, 4.69) is 41.9 Å². The molecule has 0 saturated heterocycles. The standard InChI is InChI=1S/C23H23N3O2/c1-5-12-18(6-2)26-20(7-3)25-19-15-11-14-17(22(19)23(26)28)13-9-10-16-24-21(27)8-4/h5-6,8,11-12,14-15H,1-2,4,7,10,16H2,3H3,(H,24,27)/b18-12+. The minimum absolute atomic E-state index is 0.195. The highest BCUT2D eigenvalue weighted by Crippen LogP contribution is 2.16. The van der Waals surface area contributed by atoms with Gasteiger partial charge in [0.1, 0.15) is 5.82 Å². The first-order valence-corrected chi connectivity index (χ1v) is 8.96. The van der Waals surface area contributed by atoms with Crippen molar-refractivity contribution in [1.82, 2.24) is 14.9 Å². The van der Waals surface area contributed by atoms with Crippen LogP contribution >= 0.6 is 0 Å². The van der Waals surface area contributed by atoms with Gasteiger partial charge in [-0.1, -0.05) is 50.6 Å². The van der Waals surface area contributed by atoms with Gasteiger partial charge in [0, 0.05) is 30.6 Å². The second kappa shape index (κ2) is 9.89. The first-order valence-electron chi connectivity index (χ1n) is 8.96. The largest absolute Gasteiger partial charge is 0.352 e. The molecular formula is C23H23N3O2. The number of carbonyl (C=O) groups is 1. The van der Waals surface area contributed by atoms with Crippen molar-refractivity contribution in [2.24, 2.45) is 0 Å². The Kier molecular flexibility index (Phi) is 7.29. The van der Waals surface area contributed by atoms with Gasteiger partial charge in [-0.2, -0.15) is 0 Å². The van der Waals surface area contributed by atoms with Crippen molar-refractivity contribution in [3.05, 3.63) is 84.0 Å². The first-order chi connectivity index (χ1) is 13.6. The molecule has 0 radical (unpaired) electrons. The minimum atomic E-state index is -0.239. The Morgan fingerprint density at radius 1 is 1.29 bits per heavy atom. The Morgan fingerprint density at radius 2 is 2.07 bits per heavy atom. The molecule has 0 fully saturated rings. The molecule has 0 unspecified atom stereocenters. The zero-order valence-electron chi connectivity index (χ0n) is 16.0. The molecule has 0 bridgehead atoms. The minimum Gasteiger partial charge on any atom is -0.352 e. The van der Waals surface area contributed by atoms with Crippen molar-refractivity contribution in [3.8, 4) is 11.8 Å². The summed E-state index contributed by atoms with van der Waals surface area (Å²) in [6, 6.07) is 5.43. The topological polar surface area (TPSA) is 64.0 Å². The maximum Gasteiger partial charge on any atom is 0.267 e. The number of benzene rings is 1. The highest BCUT2D eigenvalue weighted by Gasteiger charge is 2.14. The maximum absolute atomic E-state index is 13.3. The second-order valence-corrected chi connectivity index (χ2v) is 5.80. The van der Waals surface area contributed by atoms with Crippen molar-refractivity contribution in [3.63, 3.8) is 0 Å². The van der Waals surface area contributed by atoms with Crippen LogP contribution in [0.25, 0.3) is 16.6 Å². The molecule has 2 aromatic rings. The molecule has 142 valence electrons. The molecule has 28 heavy (non-hydrogen) atoms. The normalized spacial score (nSPS) is 10.7. The molecule has 2 rings (SSSR count). The molecule has 0 spiro atoms. The number of allylic oxidation sites excluding steroid dienone is 4. The van der Waals surface area contributed by atoms with Gasteiger partial charge in [0.25, 0.3) is 5.56 Å². The van der Waals surface area contributed by atoms with E-state index in [4.69, 9.17) is 0 Å². The van der Waals surface area contributed by atoms with Crippen LogP contribution in [0, 0.1) is 11.8 Å². The Bertz CT molecular complexity index is 1080. The third-order valence-electron chi connectivity index (χ3n) is 4.00. The van der Waals surface area contributed by atoms with Crippen LogP contribution in [0.15, 0.2) is 67.0 Å². The quantitative estimate of drug-likeness (QED) is 0.351.